The number of carbonyl (C=O) groups excluding carboxylic acids is 1. The molecule has 0 aromatic heterocycles. The van der Waals surface area contributed by atoms with Gasteiger partial charge >= 0.3 is 0 Å². The fourth-order valence-electron chi connectivity index (χ4n) is 0.444. The van der Waals surface area contributed by atoms with Gasteiger partial charge in [-0.15, -0.1) is 0 Å². The van der Waals surface area contributed by atoms with Crippen LogP contribution in [-0.2, 0) is 4.79 Å². The van der Waals surface area contributed by atoms with Crippen LogP contribution in [0.3, 0.4) is 0 Å². The van der Waals surface area contributed by atoms with E-state index in [-0.39, 0.29) is 12.1 Å². The Morgan fingerprint density at radius 3 is 2.50 bits per heavy atom. The van der Waals surface area contributed by atoms with Crippen LogP contribution in [0, 0.1) is 5.41 Å². The highest BCUT2D eigenvalue weighted by Gasteiger charge is 2.12. The number of aldehydes is 1. The van der Waals surface area contributed by atoms with Gasteiger partial charge in [0, 0.05) is 6.42 Å². The van der Waals surface area contributed by atoms with Crippen molar-refractivity contribution in [3.8, 4) is 0 Å². The minimum atomic E-state index is -1.00. The molecule has 0 aromatic carbocycles. The molecule has 0 saturated carbocycles. The van der Waals surface area contributed by atoms with E-state index in [1.165, 1.54) is 6.92 Å². The van der Waals surface area contributed by atoms with Crippen molar-refractivity contribution in [3.63, 3.8) is 0 Å². The highest BCUT2D eigenvalue weighted by Crippen LogP contribution is 1.97. The van der Waals surface area contributed by atoms with Crippen LogP contribution in [0.1, 0.15) is 13.3 Å². The second-order valence-electron chi connectivity index (χ2n) is 2.16. The molecule has 0 fully saturated rings. The molecule has 58 valence electrons. The highest BCUT2D eigenvalue weighted by molar-refractivity contribution is 6.26. The molecule has 0 saturated heterocycles. The van der Waals surface area contributed by atoms with E-state index in [4.69, 9.17) is 15.6 Å². The molecule has 2 atom stereocenters. The molecule has 10 heavy (non-hydrogen) atoms. The van der Waals surface area contributed by atoms with Crippen molar-refractivity contribution in [2.24, 2.45) is 0 Å². The average Bonchev–Trinajstić information content (AvgIpc) is 1.87. The number of hydrogen-bond donors (Lipinski definition) is 3. The second-order valence-corrected chi connectivity index (χ2v) is 2.16. The number of hydrogen-bond acceptors (Lipinski definition) is 4. The quantitative estimate of drug-likeness (QED) is 0.362. The SMILES string of the molecule is C[C@@H](O)[C@@H](O)CC(=N)C=O. The molecule has 0 bridgehead atoms. The Morgan fingerprint density at radius 1 is 1.70 bits per heavy atom. The van der Waals surface area contributed by atoms with Crippen molar-refractivity contribution in [1.29, 1.82) is 5.41 Å². The molecule has 0 rings (SSSR count). The van der Waals surface area contributed by atoms with E-state index < -0.39 is 12.2 Å². The van der Waals surface area contributed by atoms with Gasteiger partial charge in [0.05, 0.1) is 17.9 Å². The minimum Gasteiger partial charge on any atom is -0.391 e. The third kappa shape index (κ3) is 3.32. The first-order valence-electron chi connectivity index (χ1n) is 2.96. The molecule has 3 N–H and O–H groups in total. The van der Waals surface area contributed by atoms with Gasteiger partial charge in [0.1, 0.15) is 0 Å². The second kappa shape index (κ2) is 4.14. The van der Waals surface area contributed by atoms with Crippen LogP contribution in [-0.4, -0.2) is 34.4 Å². The van der Waals surface area contributed by atoms with Crippen molar-refractivity contribution < 1.29 is 15.0 Å². The van der Waals surface area contributed by atoms with Gasteiger partial charge in [-0.25, -0.2) is 0 Å². The summed E-state index contributed by atoms with van der Waals surface area (Å²) in [5.41, 5.74) is -0.201. The summed E-state index contributed by atoms with van der Waals surface area (Å²) in [6.07, 6.45) is -1.62. The molecule has 0 aliphatic carbocycles. The predicted molar refractivity (Wildman–Crippen MR) is 36.1 cm³/mol. The van der Waals surface area contributed by atoms with Crippen molar-refractivity contribution in [2.75, 3.05) is 0 Å². The van der Waals surface area contributed by atoms with Gasteiger partial charge in [0.25, 0.3) is 0 Å². The summed E-state index contributed by atoms with van der Waals surface area (Å²) < 4.78 is 0. The summed E-state index contributed by atoms with van der Waals surface area (Å²) in [7, 11) is 0. The Hall–Kier alpha value is -0.740. The first-order valence-corrected chi connectivity index (χ1v) is 2.96. The van der Waals surface area contributed by atoms with Crippen LogP contribution >= 0.6 is 0 Å². The molecule has 4 nitrogen and oxygen atoms in total. The van der Waals surface area contributed by atoms with E-state index in [1.54, 1.807) is 0 Å². The number of aliphatic hydroxyl groups excluding tert-OH is 2. The van der Waals surface area contributed by atoms with Crippen molar-refractivity contribution in [3.05, 3.63) is 0 Å². The number of carbonyl (C=O) groups is 1. The zero-order valence-corrected chi connectivity index (χ0v) is 5.74. The number of rotatable bonds is 4. The lowest BCUT2D eigenvalue weighted by Gasteiger charge is -2.10. The van der Waals surface area contributed by atoms with Gasteiger partial charge in [-0.1, -0.05) is 0 Å². The van der Waals surface area contributed by atoms with E-state index >= 15 is 0 Å². The fourth-order valence-corrected chi connectivity index (χ4v) is 0.444. The van der Waals surface area contributed by atoms with Gasteiger partial charge in [0.15, 0.2) is 6.29 Å². The van der Waals surface area contributed by atoms with E-state index in [9.17, 15) is 4.79 Å². The summed E-state index contributed by atoms with van der Waals surface area (Å²) >= 11 is 0. The summed E-state index contributed by atoms with van der Waals surface area (Å²) in [4.78, 5) is 9.85. The topological polar surface area (TPSA) is 81.4 Å². The minimum absolute atomic E-state index is 0.0822. The predicted octanol–water partition coefficient (Wildman–Crippen LogP) is -0.663. The fraction of sp³-hybridized carbons (Fsp3) is 0.667. The molecular formula is C6H11NO3. The number of aliphatic hydroxyl groups is 2. The lowest BCUT2D eigenvalue weighted by Crippen LogP contribution is -2.25. The highest BCUT2D eigenvalue weighted by atomic mass is 16.3. The lowest BCUT2D eigenvalue weighted by atomic mass is 10.1. The number of nitrogens with one attached hydrogen (secondary N) is 1. The largest absolute Gasteiger partial charge is 0.391 e. The summed E-state index contributed by atoms with van der Waals surface area (Å²) in [6.45, 7) is 1.41. The van der Waals surface area contributed by atoms with Gasteiger partial charge in [-0.05, 0) is 6.92 Å². The Balaban J connectivity index is 3.67. The first-order chi connectivity index (χ1) is 4.57. The third-order valence-corrected chi connectivity index (χ3v) is 1.13. The molecule has 0 heterocycles. The smallest absolute Gasteiger partial charge is 0.163 e. The maximum Gasteiger partial charge on any atom is 0.163 e. The zero-order valence-electron chi connectivity index (χ0n) is 5.74. The lowest BCUT2D eigenvalue weighted by molar-refractivity contribution is -0.103. The molecule has 4 heteroatoms. The monoisotopic (exact) mass is 145 g/mol. The zero-order chi connectivity index (χ0) is 8.15. The maximum absolute atomic E-state index is 9.85. The maximum atomic E-state index is 9.85. The van der Waals surface area contributed by atoms with Gasteiger partial charge in [-0.2, -0.15) is 0 Å². The standard InChI is InChI=1S/C6H11NO3/c1-4(9)6(10)2-5(7)3-8/h3-4,6-7,9-10H,2H2,1H3/t4-,6+/m1/s1. The van der Waals surface area contributed by atoms with Crippen LogP contribution in [0.4, 0.5) is 0 Å². The van der Waals surface area contributed by atoms with Crippen LogP contribution < -0.4 is 0 Å². The molecular weight excluding hydrogens is 134 g/mol. The van der Waals surface area contributed by atoms with Gasteiger partial charge in [0.2, 0.25) is 0 Å². The molecule has 0 radical (unpaired) electrons. The summed E-state index contributed by atoms with van der Waals surface area (Å²) in [5, 5.41) is 24.4. The summed E-state index contributed by atoms with van der Waals surface area (Å²) in [5.74, 6) is 0. The van der Waals surface area contributed by atoms with Crippen molar-refractivity contribution in [1.82, 2.24) is 0 Å². The van der Waals surface area contributed by atoms with Crippen LogP contribution in [0.5, 0.6) is 0 Å². The Morgan fingerprint density at radius 2 is 2.20 bits per heavy atom. The van der Waals surface area contributed by atoms with E-state index in [2.05, 4.69) is 0 Å². The third-order valence-electron chi connectivity index (χ3n) is 1.13. The Labute approximate surface area is 59.0 Å². The molecule has 0 aromatic rings. The van der Waals surface area contributed by atoms with Crippen LogP contribution in [0.15, 0.2) is 0 Å². The van der Waals surface area contributed by atoms with Gasteiger partial charge < -0.3 is 15.6 Å². The molecule has 0 aliphatic rings. The normalized spacial score (nSPS) is 15.9. The average molecular weight is 145 g/mol. The molecule has 0 aliphatic heterocycles. The summed E-state index contributed by atoms with van der Waals surface area (Å²) in [6, 6.07) is 0. The van der Waals surface area contributed by atoms with E-state index in [0.29, 0.717) is 6.29 Å². The molecule has 0 unspecified atom stereocenters. The molecule has 0 spiro atoms. The van der Waals surface area contributed by atoms with Gasteiger partial charge in [-0.3, -0.25) is 4.79 Å². The Bertz CT molecular complexity index is 133. The van der Waals surface area contributed by atoms with Crippen molar-refractivity contribution in [2.45, 2.75) is 25.6 Å². The van der Waals surface area contributed by atoms with E-state index in [1.807, 2.05) is 0 Å². The van der Waals surface area contributed by atoms with Crippen LogP contribution in [0.25, 0.3) is 0 Å². The first kappa shape index (κ1) is 9.26. The van der Waals surface area contributed by atoms with E-state index in [0.717, 1.165) is 0 Å². The molecule has 0 amide bonds. The van der Waals surface area contributed by atoms with Crippen molar-refractivity contribution >= 4 is 12.0 Å². The van der Waals surface area contributed by atoms with Crippen LogP contribution in [0.2, 0.25) is 0 Å². The Kier molecular flexibility index (Phi) is 3.83.